The van der Waals surface area contributed by atoms with Crippen molar-refractivity contribution >= 4 is 23.3 Å². The van der Waals surface area contributed by atoms with Crippen molar-refractivity contribution in [3.05, 3.63) is 36.7 Å². The number of aromatic nitrogens is 2. The molecule has 0 bridgehead atoms. The second-order valence-electron chi connectivity index (χ2n) is 5.02. The number of alkyl halides is 1. The number of fused-ring (bicyclic) bond motifs is 1. The van der Waals surface area contributed by atoms with Crippen LogP contribution < -0.4 is 20.1 Å². The van der Waals surface area contributed by atoms with Crippen LogP contribution in [-0.2, 0) is 6.54 Å². The SMILES string of the molecule is O=C(NCCCl)Nc1cnn(CC2COc3ccccc3O2)c1. The summed E-state index contributed by atoms with van der Waals surface area (Å²) < 4.78 is 13.3. The number of hydrogen-bond donors (Lipinski definition) is 2. The van der Waals surface area contributed by atoms with Gasteiger partial charge in [0.1, 0.15) is 6.61 Å². The van der Waals surface area contributed by atoms with Gasteiger partial charge in [0.15, 0.2) is 17.6 Å². The van der Waals surface area contributed by atoms with Crippen LogP contribution in [0.2, 0.25) is 0 Å². The molecule has 0 spiro atoms. The summed E-state index contributed by atoms with van der Waals surface area (Å²) in [7, 11) is 0. The molecule has 7 nitrogen and oxygen atoms in total. The standard InChI is InChI=1S/C15H17ClN4O3/c16-5-6-17-15(21)19-11-7-18-20(8-11)9-12-10-22-13-3-1-2-4-14(13)23-12/h1-4,7-8,12H,5-6,9-10H2,(H2,17,19,21). The molecule has 2 aromatic rings. The smallest absolute Gasteiger partial charge is 0.319 e. The molecule has 23 heavy (non-hydrogen) atoms. The number of nitrogens with one attached hydrogen (secondary N) is 2. The topological polar surface area (TPSA) is 77.4 Å². The molecular formula is C15H17ClN4O3. The summed E-state index contributed by atoms with van der Waals surface area (Å²) in [6, 6.07) is 7.25. The van der Waals surface area contributed by atoms with Crippen LogP contribution in [0.4, 0.5) is 10.5 Å². The van der Waals surface area contributed by atoms with Crippen molar-refractivity contribution in [2.75, 3.05) is 24.3 Å². The van der Waals surface area contributed by atoms with E-state index in [4.69, 9.17) is 21.1 Å². The van der Waals surface area contributed by atoms with Gasteiger partial charge < -0.3 is 20.1 Å². The molecule has 2 heterocycles. The fraction of sp³-hybridized carbons (Fsp3) is 0.333. The van der Waals surface area contributed by atoms with Crippen molar-refractivity contribution < 1.29 is 14.3 Å². The van der Waals surface area contributed by atoms with E-state index in [1.165, 1.54) is 0 Å². The predicted molar refractivity (Wildman–Crippen MR) is 86.3 cm³/mol. The predicted octanol–water partition coefficient (Wildman–Crippen LogP) is 2.08. The Labute approximate surface area is 138 Å². The molecule has 0 radical (unpaired) electrons. The van der Waals surface area contributed by atoms with Crippen molar-refractivity contribution in [2.24, 2.45) is 0 Å². The average Bonchev–Trinajstić information content (AvgIpc) is 2.99. The Morgan fingerprint density at radius 2 is 2.22 bits per heavy atom. The number of anilines is 1. The van der Waals surface area contributed by atoms with Gasteiger partial charge in [0.25, 0.3) is 0 Å². The normalized spacial score (nSPS) is 16.0. The minimum absolute atomic E-state index is 0.136. The number of para-hydroxylation sites is 2. The van der Waals surface area contributed by atoms with Crippen LogP contribution >= 0.6 is 11.6 Å². The Morgan fingerprint density at radius 1 is 1.39 bits per heavy atom. The second-order valence-corrected chi connectivity index (χ2v) is 5.40. The summed E-state index contributed by atoms with van der Waals surface area (Å²) in [6.07, 6.45) is 3.19. The van der Waals surface area contributed by atoms with E-state index in [-0.39, 0.29) is 12.1 Å². The van der Waals surface area contributed by atoms with Crippen molar-refractivity contribution in [3.63, 3.8) is 0 Å². The highest BCUT2D eigenvalue weighted by Gasteiger charge is 2.21. The molecule has 122 valence electrons. The number of halogens is 1. The molecule has 8 heteroatoms. The molecule has 2 amide bonds. The molecule has 1 aromatic carbocycles. The number of ether oxygens (including phenoxy) is 2. The first-order valence-electron chi connectivity index (χ1n) is 7.26. The molecule has 3 rings (SSSR count). The van der Waals surface area contributed by atoms with Crippen LogP contribution in [0.25, 0.3) is 0 Å². The number of rotatable bonds is 5. The lowest BCUT2D eigenvalue weighted by atomic mass is 10.2. The summed E-state index contributed by atoms with van der Waals surface area (Å²) in [4.78, 5) is 11.5. The third kappa shape index (κ3) is 4.07. The third-order valence-electron chi connectivity index (χ3n) is 3.23. The highest BCUT2D eigenvalue weighted by atomic mass is 35.5. The first-order chi connectivity index (χ1) is 11.2. The number of carbonyl (C=O) groups excluding carboxylic acids is 1. The monoisotopic (exact) mass is 336 g/mol. The molecule has 1 aromatic heterocycles. The lowest BCUT2D eigenvalue weighted by molar-refractivity contribution is 0.0759. The molecule has 1 aliphatic rings. The van der Waals surface area contributed by atoms with Gasteiger partial charge >= 0.3 is 6.03 Å². The lowest BCUT2D eigenvalue weighted by Gasteiger charge is -2.26. The van der Waals surface area contributed by atoms with Crippen LogP contribution in [0.3, 0.4) is 0 Å². The fourth-order valence-electron chi connectivity index (χ4n) is 2.23. The van der Waals surface area contributed by atoms with E-state index in [1.807, 2.05) is 24.3 Å². The number of amides is 2. The van der Waals surface area contributed by atoms with Gasteiger partial charge in [0, 0.05) is 18.6 Å². The number of hydrogen-bond acceptors (Lipinski definition) is 4. The highest BCUT2D eigenvalue weighted by molar-refractivity contribution is 6.18. The molecule has 1 aliphatic heterocycles. The Morgan fingerprint density at radius 3 is 3.04 bits per heavy atom. The summed E-state index contributed by atoms with van der Waals surface area (Å²) in [6.45, 7) is 1.39. The second kappa shape index (κ2) is 7.23. The minimum atomic E-state index is -0.309. The number of carbonyl (C=O) groups is 1. The molecule has 0 saturated heterocycles. The van der Waals surface area contributed by atoms with E-state index in [2.05, 4.69) is 15.7 Å². The van der Waals surface area contributed by atoms with Gasteiger partial charge in [-0.3, -0.25) is 4.68 Å². The zero-order valence-electron chi connectivity index (χ0n) is 12.4. The van der Waals surface area contributed by atoms with Gasteiger partial charge in [-0.05, 0) is 12.1 Å². The van der Waals surface area contributed by atoms with Gasteiger partial charge in [0.05, 0.1) is 18.4 Å². The van der Waals surface area contributed by atoms with Crippen LogP contribution in [0.5, 0.6) is 11.5 Å². The fourth-order valence-corrected chi connectivity index (χ4v) is 2.32. The van der Waals surface area contributed by atoms with Crippen molar-refractivity contribution in [1.29, 1.82) is 0 Å². The third-order valence-corrected chi connectivity index (χ3v) is 3.42. The van der Waals surface area contributed by atoms with E-state index in [0.717, 1.165) is 11.5 Å². The van der Waals surface area contributed by atoms with E-state index in [9.17, 15) is 4.79 Å². The number of benzene rings is 1. The lowest BCUT2D eigenvalue weighted by Crippen LogP contribution is -2.33. The first-order valence-corrected chi connectivity index (χ1v) is 7.80. The van der Waals surface area contributed by atoms with Gasteiger partial charge in [-0.15, -0.1) is 11.6 Å². The van der Waals surface area contributed by atoms with E-state index >= 15 is 0 Å². The maximum absolute atomic E-state index is 11.5. The number of urea groups is 1. The summed E-state index contributed by atoms with van der Waals surface area (Å²) in [5, 5.41) is 9.52. The summed E-state index contributed by atoms with van der Waals surface area (Å²) >= 11 is 5.51. The Balaban J connectivity index is 1.54. The Kier molecular flexibility index (Phi) is 4.87. The summed E-state index contributed by atoms with van der Waals surface area (Å²) in [5.41, 5.74) is 0.606. The maximum Gasteiger partial charge on any atom is 0.319 e. The van der Waals surface area contributed by atoms with Gasteiger partial charge in [0.2, 0.25) is 0 Å². The largest absolute Gasteiger partial charge is 0.486 e. The Hall–Kier alpha value is -2.41. The van der Waals surface area contributed by atoms with Crippen molar-refractivity contribution in [1.82, 2.24) is 15.1 Å². The van der Waals surface area contributed by atoms with Crippen LogP contribution in [0, 0.1) is 0 Å². The highest BCUT2D eigenvalue weighted by Crippen LogP contribution is 2.31. The molecule has 2 N–H and O–H groups in total. The van der Waals surface area contributed by atoms with Gasteiger partial charge in [-0.25, -0.2) is 4.79 Å². The van der Waals surface area contributed by atoms with Crippen LogP contribution in [0.1, 0.15) is 0 Å². The van der Waals surface area contributed by atoms with Crippen molar-refractivity contribution in [2.45, 2.75) is 12.6 Å². The zero-order valence-corrected chi connectivity index (χ0v) is 13.1. The maximum atomic E-state index is 11.5. The van der Waals surface area contributed by atoms with E-state index in [1.54, 1.807) is 17.1 Å². The van der Waals surface area contributed by atoms with E-state index < -0.39 is 0 Å². The Bertz CT molecular complexity index is 676. The molecular weight excluding hydrogens is 320 g/mol. The zero-order chi connectivity index (χ0) is 16.1. The molecule has 0 fully saturated rings. The van der Waals surface area contributed by atoms with Crippen LogP contribution in [0.15, 0.2) is 36.7 Å². The van der Waals surface area contributed by atoms with Gasteiger partial charge in [-0.2, -0.15) is 5.10 Å². The molecule has 0 saturated carbocycles. The minimum Gasteiger partial charge on any atom is -0.486 e. The first kappa shape index (κ1) is 15.5. The quantitative estimate of drug-likeness (QED) is 0.820. The van der Waals surface area contributed by atoms with Gasteiger partial charge in [-0.1, -0.05) is 12.1 Å². The van der Waals surface area contributed by atoms with E-state index in [0.29, 0.717) is 31.3 Å². The molecule has 1 atom stereocenters. The summed E-state index contributed by atoms with van der Waals surface area (Å²) in [5.74, 6) is 1.85. The molecule has 0 aliphatic carbocycles. The average molecular weight is 337 g/mol. The number of nitrogens with zero attached hydrogens (tertiary/aromatic N) is 2. The van der Waals surface area contributed by atoms with Crippen LogP contribution in [-0.4, -0.2) is 40.9 Å². The molecule has 1 unspecified atom stereocenters. The van der Waals surface area contributed by atoms with Crippen molar-refractivity contribution in [3.8, 4) is 11.5 Å².